The Hall–Kier alpha value is -1.17. The number of hydrogen-bond donors (Lipinski definition) is 2. The molecule has 1 aromatic rings. The van der Waals surface area contributed by atoms with Crippen molar-refractivity contribution in [2.75, 3.05) is 13.1 Å². The highest BCUT2D eigenvalue weighted by atomic mass is 16.5. The first kappa shape index (κ1) is 13.8. The van der Waals surface area contributed by atoms with E-state index < -0.39 is 6.10 Å². The molecule has 1 aliphatic carbocycles. The van der Waals surface area contributed by atoms with Crippen LogP contribution in [0.15, 0.2) is 24.5 Å². The van der Waals surface area contributed by atoms with Crippen LogP contribution in [-0.2, 0) is 0 Å². The summed E-state index contributed by atoms with van der Waals surface area (Å²) < 4.78 is 5.86. The number of nitrogens with two attached hydrogens (primary N) is 1. The van der Waals surface area contributed by atoms with Crippen molar-refractivity contribution in [3.63, 3.8) is 0 Å². The van der Waals surface area contributed by atoms with Crippen molar-refractivity contribution in [3.05, 3.63) is 24.5 Å². The molecule has 1 saturated carbocycles. The number of aliphatic hydroxyl groups excluding tert-OH is 1. The fourth-order valence-electron chi connectivity index (χ4n) is 3.43. The molecule has 1 aliphatic heterocycles. The van der Waals surface area contributed by atoms with Gasteiger partial charge in [-0.3, -0.25) is 9.88 Å². The first-order chi connectivity index (χ1) is 9.75. The molecule has 0 bridgehead atoms. The zero-order valence-corrected chi connectivity index (χ0v) is 11.7. The van der Waals surface area contributed by atoms with E-state index in [1.807, 2.05) is 12.1 Å². The van der Waals surface area contributed by atoms with Gasteiger partial charge in [-0.1, -0.05) is 6.42 Å². The van der Waals surface area contributed by atoms with Gasteiger partial charge in [0.15, 0.2) is 0 Å². The summed E-state index contributed by atoms with van der Waals surface area (Å²) in [5.41, 5.74) is 6.25. The average molecular weight is 277 g/mol. The third-order valence-corrected chi connectivity index (χ3v) is 4.41. The number of hydrogen-bond acceptors (Lipinski definition) is 5. The van der Waals surface area contributed by atoms with E-state index in [1.54, 1.807) is 12.4 Å². The molecule has 1 saturated heterocycles. The summed E-state index contributed by atoms with van der Waals surface area (Å²) >= 11 is 0. The van der Waals surface area contributed by atoms with Crippen molar-refractivity contribution < 1.29 is 9.84 Å². The maximum Gasteiger partial charge on any atom is 0.138 e. The predicted octanol–water partition coefficient (Wildman–Crippen LogP) is 0.775. The maximum atomic E-state index is 10.6. The topological polar surface area (TPSA) is 71.6 Å². The molecule has 1 aromatic heterocycles. The summed E-state index contributed by atoms with van der Waals surface area (Å²) in [4.78, 5) is 6.37. The third kappa shape index (κ3) is 2.80. The van der Waals surface area contributed by atoms with Crippen LogP contribution in [0.3, 0.4) is 0 Å². The van der Waals surface area contributed by atoms with E-state index in [9.17, 15) is 5.11 Å². The van der Waals surface area contributed by atoms with Gasteiger partial charge < -0.3 is 15.6 Å². The van der Waals surface area contributed by atoms with E-state index in [0.717, 1.165) is 13.1 Å². The van der Waals surface area contributed by atoms with Crippen molar-refractivity contribution >= 4 is 0 Å². The van der Waals surface area contributed by atoms with Gasteiger partial charge in [0.05, 0.1) is 12.2 Å². The van der Waals surface area contributed by atoms with E-state index in [1.165, 1.54) is 19.3 Å². The van der Waals surface area contributed by atoms with Crippen LogP contribution < -0.4 is 10.5 Å². The highest BCUT2D eigenvalue weighted by Gasteiger charge is 2.45. The average Bonchev–Trinajstić information content (AvgIpc) is 2.75. The van der Waals surface area contributed by atoms with Crippen LogP contribution in [-0.4, -0.2) is 52.4 Å². The third-order valence-electron chi connectivity index (χ3n) is 4.41. The molecule has 20 heavy (non-hydrogen) atoms. The summed E-state index contributed by atoms with van der Waals surface area (Å²) in [6.07, 6.45) is 6.99. The van der Waals surface area contributed by atoms with E-state index in [0.29, 0.717) is 12.2 Å². The SMILES string of the molecule is N[C@@H]1C[C@@H](Oc2cccnc2)[C@H](O)[C@H]1N1CCCCC1. The molecule has 3 rings (SSSR count). The fraction of sp³-hybridized carbons (Fsp3) is 0.667. The Morgan fingerprint density at radius 1 is 1.30 bits per heavy atom. The number of rotatable bonds is 3. The van der Waals surface area contributed by atoms with Crippen molar-refractivity contribution in [1.29, 1.82) is 0 Å². The van der Waals surface area contributed by atoms with Gasteiger partial charge in [-0.05, 0) is 38.1 Å². The molecule has 0 aromatic carbocycles. The molecular formula is C15H23N3O2. The van der Waals surface area contributed by atoms with Gasteiger partial charge >= 0.3 is 0 Å². The van der Waals surface area contributed by atoms with Gasteiger partial charge in [-0.2, -0.15) is 0 Å². The maximum absolute atomic E-state index is 10.6. The molecule has 5 heteroatoms. The molecular weight excluding hydrogens is 254 g/mol. The summed E-state index contributed by atoms with van der Waals surface area (Å²) in [6, 6.07) is 3.69. The van der Waals surface area contributed by atoms with E-state index in [4.69, 9.17) is 10.5 Å². The first-order valence-corrected chi connectivity index (χ1v) is 7.50. The minimum absolute atomic E-state index is 0.0234. The minimum Gasteiger partial charge on any atom is -0.486 e. The highest BCUT2D eigenvalue weighted by Crippen LogP contribution is 2.29. The van der Waals surface area contributed by atoms with E-state index in [-0.39, 0.29) is 18.2 Å². The number of aliphatic hydroxyl groups is 1. The Morgan fingerprint density at radius 2 is 2.10 bits per heavy atom. The molecule has 0 radical (unpaired) electrons. The van der Waals surface area contributed by atoms with Gasteiger partial charge in [0.25, 0.3) is 0 Å². The first-order valence-electron chi connectivity index (χ1n) is 7.50. The van der Waals surface area contributed by atoms with Crippen LogP contribution in [0.2, 0.25) is 0 Å². The van der Waals surface area contributed by atoms with Gasteiger partial charge in [-0.15, -0.1) is 0 Å². The second-order valence-corrected chi connectivity index (χ2v) is 5.82. The van der Waals surface area contributed by atoms with Crippen LogP contribution in [0.25, 0.3) is 0 Å². The zero-order valence-electron chi connectivity index (χ0n) is 11.7. The van der Waals surface area contributed by atoms with Crippen molar-refractivity contribution in [1.82, 2.24) is 9.88 Å². The molecule has 5 nitrogen and oxygen atoms in total. The molecule has 4 atom stereocenters. The van der Waals surface area contributed by atoms with Gasteiger partial charge in [0.1, 0.15) is 18.0 Å². The number of likely N-dealkylation sites (tertiary alicyclic amines) is 1. The van der Waals surface area contributed by atoms with Crippen LogP contribution >= 0.6 is 0 Å². The fourth-order valence-corrected chi connectivity index (χ4v) is 3.43. The normalized spacial score (nSPS) is 35.1. The lowest BCUT2D eigenvalue weighted by Gasteiger charge is -2.36. The Kier molecular flexibility index (Phi) is 4.19. The number of piperidine rings is 1. The number of nitrogens with zero attached hydrogens (tertiary/aromatic N) is 2. The molecule has 3 N–H and O–H groups in total. The van der Waals surface area contributed by atoms with Crippen molar-refractivity contribution in [3.8, 4) is 5.75 Å². The number of pyridine rings is 1. The van der Waals surface area contributed by atoms with Crippen molar-refractivity contribution in [2.24, 2.45) is 5.73 Å². The quantitative estimate of drug-likeness (QED) is 0.854. The molecule has 0 spiro atoms. The van der Waals surface area contributed by atoms with Gasteiger partial charge in [0, 0.05) is 18.7 Å². The molecule has 2 aliphatic rings. The monoisotopic (exact) mass is 277 g/mol. The van der Waals surface area contributed by atoms with Gasteiger partial charge in [0.2, 0.25) is 0 Å². The predicted molar refractivity (Wildman–Crippen MR) is 76.5 cm³/mol. The number of ether oxygens (including phenoxy) is 1. The number of aromatic nitrogens is 1. The summed E-state index contributed by atoms with van der Waals surface area (Å²) in [6.45, 7) is 2.07. The summed E-state index contributed by atoms with van der Waals surface area (Å²) in [7, 11) is 0. The standard InChI is InChI=1S/C15H23N3O2/c16-12-9-13(20-11-5-4-6-17-10-11)15(19)14(12)18-7-2-1-3-8-18/h4-6,10,12-15,19H,1-3,7-9,16H2/t12-,13-,14+,15+/m1/s1. The highest BCUT2D eigenvalue weighted by molar-refractivity contribution is 5.17. The molecule has 2 heterocycles. The van der Waals surface area contributed by atoms with E-state index >= 15 is 0 Å². The lowest BCUT2D eigenvalue weighted by Crippen LogP contribution is -2.52. The smallest absolute Gasteiger partial charge is 0.138 e. The summed E-state index contributed by atoms with van der Waals surface area (Å²) in [5.74, 6) is 0.697. The summed E-state index contributed by atoms with van der Waals surface area (Å²) in [5, 5.41) is 10.6. The Morgan fingerprint density at radius 3 is 2.80 bits per heavy atom. The Bertz CT molecular complexity index is 422. The van der Waals surface area contributed by atoms with Crippen LogP contribution in [0.1, 0.15) is 25.7 Å². The van der Waals surface area contributed by atoms with Crippen LogP contribution in [0.4, 0.5) is 0 Å². The Labute approximate surface area is 119 Å². The zero-order chi connectivity index (χ0) is 13.9. The minimum atomic E-state index is -0.525. The van der Waals surface area contributed by atoms with Crippen LogP contribution in [0, 0.1) is 0 Å². The van der Waals surface area contributed by atoms with Crippen molar-refractivity contribution in [2.45, 2.75) is 50.0 Å². The largest absolute Gasteiger partial charge is 0.486 e. The Balaban J connectivity index is 1.66. The second kappa shape index (κ2) is 6.08. The molecule has 0 amide bonds. The van der Waals surface area contributed by atoms with E-state index in [2.05, 4.69) is 9.88 Å². The lowest BCUT2D eigenvalue weighted by atomic mass is 10.0. The van der Waals surface area contributed by atoms with Crippen LogP contribution in [0.5, 0.6) is 5.75 Å². The van der Waals surface area contributed by atoms with Gasteiger partial charge in [-0.25, -0.2) is 0 Å². The molecule has 2 fully saturated rings. The molecule has 110 valence electrons. The lowest BCUT2D eigenvalue weighted by molar-refractivity contribution is 0.00282. The molecule has 0 unspecified atom stereocenters. The second-order valence-electron chi connectivity index (χ2n) is 5.82.